The number of carbonyl (C=O) groups excluding carboxylic acids is 1. The molecular weight excluding hydrogens is 219 g/mol. The van der Waals surface area contributed by atoms with E-state index >= 15 is 0 Å². The van der Waals surface area contributed by atoms with E-state index in [9.17, 15) is 18.0 Å². The van der Waals surface area contributed by atoms with Crippen molar-refractivity contribution in [3.63, 3.8) is 0 Å². The van der Waals surface area contributed by atoms with Gasteiger partial charge in [-0.1, -0.05) is 6.92 Å². The van der Waals surface area contributed by atoms with Crippen LogP contribution in [0.4, 0.5) is 18.9 Å². The summed E-state index contributed by atoms with van der Waals surface area (Å²) in [6, 6.07) is 3.25. The second-order valence-corrected chi connectivity index (χ2v) is 3.43. The average Bonchev–Trinajstić information content (AvgIpc) is 2.19. The highest BCUT2D eigenvalue weighted by Crippen LogP contribution is 2.31. The van der Waals surface area contributed by atoms with Gasteiger partial charge in [0.2, 0.25) is 5.91 Å². The van der Waals surface area contributed by atoms with Crippen LogP contribution in [0.2, 0.25) is 0 Å². The monoisotopic (exact) mass is 231 g/mol. The first-order valence-electron chi connectivity index (χ1n) is 4.82. The zero-order valence-electron chi connectivity index (χ0n) is 8.98. The molecular formula is C11H12F3NO. The van der Waals surface area contributed by atoms with Crippen LogP contribution in [-0.4, -0.2) is 5.91 Å². The zero-order valence-corrected chi connectivity index (χ0v) is 8.98. The van der Waals surface area contributed by atoms with Gasteiger partial charge in [0.15, 0.2) is 0 Å². The predicted octanol–water partition coefficient (Wildman–Crippen LogP) is 3.36. The standard InChI is InChI=1S/C11H12F3NO/c1-3-10(16)15-9-5-4-8(6-7(9)2)11(12,13)14/h4-6H,3H2,1-2H3,(H,15,16). The van der Waals surface area contributed by atoms with Crippen LogP contribution in [0.3, 0.4) is 0 Å². The van der Waals surface area contributed by atoms with Gasteiger partial charge >= 0.3 is 6.18 Å². The van der Waals surface area contributed by atoms with Crippen LogP contribution in [0.25, 0.3) is 0 Å². The number of halogens is 3. The summed E-state index contributed by atoms with van der Waals surface area (Å²) in [5.41, 5.74) is 0.107. The molecule has 0 saturated heterocycles. The van der Waals surface area contributed by atoms with Crippen LogP contribution >= 0.6 is 0 Å². The number of amides is 1. The van der Waals surface area contributed by atoms with Gasteiger partial charge in [-0.25, -0.2) is 0 Å². The number of rotatable bonds is 2. The number of aryl methyl sites for hydroxylation is 1. The van der Waals surface area contributed by atoms with E-state index in [-0.39, 0.29) is 5.91 Å². The molecule has 0 radical (unpaired) electrons. The Morgan fingerprint density at radius 2 is 2.00 bits per heavy atom. The topological polar surface area (TPSA) is 29.1 Å². The summed E-state index contributed by atoms with van der Waals surface area (Å²) in [5, 5.41) is 2.53. The molecule has 0 aliphatic heterocycles. The third kappa shape index (κ3) is 2.98. The van der Waals surface area contributed by atoms with Crippen LogP contribution in [0.1, 0.15) is 24.5 Å². The van der Waals surface area contributed by atoms with Gasteiger partial charge in [-0.15, -0.1) is 0 Å². The molecule has 5 heteroatoms. The predicted molar refractivity (Wildman–Crippen MR) is 55.1 cm³/mol. The molecule has 0 fully saturated rings. The Kier molecular flexibility index (Phi) is 3.57. The highest BCUT2D eigenvalue weighted by molar-refractivity contribution is 5.91. The van der Waals surface area contributed by atoms with Crippen LogP contribution in [0.5, 0.6) is 0 Å². The van der Waals surface area contributed by atoms with Crippen LogP contribution < -0.4 is 5.32 Å². The lowest BCUT2D eigenvalue weighted by atomic mass is 10.1. The molecule has 2 nitrogen and oxygen atoms in total. The maximum absolute atomic E-state index is 12.3. The Morgan fingerprint density at radius 3 is 2.44 bits per heavy atom. The lowest BCUT2D eigenvalue weighted by Crippen LogP contribution is -2.12. The highest BCUT2D eigenvalue weighted by Gasteiger charge is 2.30. The van der Waals surface area contributed by atoms with E-state index in [1.54, 1.807) is 6.92 Å². The van der Waals surface area contributed by atoms with Gasteiger partial charge < -0.3 is 5.32 Å². The fraction of sp³-hybridized carbons (Fsp3) is 0.364. The normalized spacial score (nSPS) is 11.3. The van der Waals surface area contributed by atoms with E-state index in [1.807, 2.05) is 0 Å². The lowest BCUT2D eigenvalue weighted by molar-refractivity contribution is -0.137. The van der Waals surface area contributed by atoms with Crippen molar-refractivity contribution in [2.45, 2.75) is 26.4 Å². The molecule has 16 heavy (non-hydrogen) atoms. The number of benzene rings is 1. The quantitative estimate of drug-likeness (QED) is 0.830. The molecule has 0 unspecified atom stereocenters. The van der Waals surface area contributed by atoms with Gasteiger partial charge in [-0.05, 0) is 30.7 Å². The SMILES string of the molecule is CCC(=O)Nc1ccc(C(F)(F)F)cc1C. The third-order valence-corrected chi connectivity index (χ3v) is 2.15. The van der Waals surface area contributed by atoms with E-state index in [0.29, 0.717) is 17.7 Å². The van der Waals surface area contributed by atoms with Crippen LogP contribution in [-0.2, 0) is 11.0 Å². The first kappa shape index (κ1) is 12.5. The molecule has 1 amide bonds. The van der Waals surface area contributed by atoms with Gasteiger partial charge in [0.1, 0.15) is 0 Å². The molecule has 0 atom stereocenters. The van der Waals surface area contributed by atoms with Crippen molar-refractivity contribution < 1.29 is 18.0 Å². The first-order valence-corrected chi connectivity index (χ1v) is 4.82. The van der Waals surface area contributed by atoms with Gasteiger partial charge in [0.05, 0.1) is 5.56 Å². The summed E-state index contributed by atoms with van der Waals surface area (Å²) in [5.74, 6) is -0.220. The molecule has 1 rings (SSSR count). The molecule has 1 aromatic rings. The Morgan fingerprint density at radius 1 is 1.38 bits per heavy atom. The van der Waals surface area contributed by atoms with E-state index in [4.69, 9.17) is 0 Å². The second-order valence-electron chi connectivity index (χ2n) is 3.43. The fourth-order valence-electron chi connectivity index (χ4n) is 1.22. The van der Waals surface area contributed by atoms with Crippen molar-refractivity contribution in [1.82, 2.24) is 0 Å². The highest BCUT2D eigenvalue weighted by atomic mass is 19.4. The number of anilines is 1. The number of hydrogen-bond acceptors (Lipinski definition) is 1. The zero-order chi connectivity index (χ0) is 12.3. The van der Waals surface area contributed by atoms with Crippen LogP contribution in [0, 0.1) is 6.92 Å². The van der Waals surface area contributed by atoms with Crippen molar-refractivity contribution in [1.29, 1.82) is 0 Å². The molecule has 0 aliphatic carbocycles. The smallest absolute Gasteiger partial charge is 0.326 e. The molecule has 0 bridgehead atoms. The van der Waals surface area contributed by atoms with Crippen molar-refractivity contribution in [2.24, 2.45) is 0 Å². The maximum atomic E-state index is 12.3. The molecule has 0 aliphatic rings. The Balaban J connectivity index is 2.96. The molecule has 0 aromatic heterocycles. The molecule has 0 heterocycles. The van der Waals surface area contributed by atoms with Gasteiger partial charge in [-0.2, -0.15) is 13.2 Å². The van der Waals surface area contributed by atoms with Crippen molar-refractivity contribution in [3.05, 3.63) is 29.3 Å². The van der Waals surface area contributed by atoms with E-state index in [2.05, 4.69) is 5.32 Å². The second kappa shape index (κ2) is 4.55. The van der Waals surface area contributed by atoms with Crippen LogP contribution in [0.15, 0.2) is 18.2 Å². The molecule has 0 saturated carbocycles. The van der Waals surface area contributed by atoms with Crippen molar-refractivity contribution in [3.8, 4) is 0 Å². The Bertz CT molecular complexity index is 399. The third-order valence-electron chi connectivity index (χ3n) is 2.15. The number of hydrogen-bond donors (Lipinski definition) is 1. The fourth-order valence-corrected chi connectivity index (χ4v) is 1.22. The summed E-state index contributed by atoms with van der Waals surface area (Å²) in [4.78, 5) is 11.1. The largest absolute Gasteiger partial charge is 0.416 e. The van der Waals surface area contributed by atoms with E-state index in [0.717, 1.165) is 12.1 Å². The molecule has 1 aromatic carbocycles. The molecule has 1 N–H and O–H groups in total. The van der Waals surface area contributed by atoms with Crippen molar-refractivity contribution >= 4 is 11.6 Å². The minimum absolute atomic E-state index is 0.220. The Hall–Kier alpha value is -1.52. The number of carbonyl (C=O) groups is 1. The summed E-state index contributed by atoms with van der Waals surface area (Å²) in [7, 11) is 0. The first-order chi connectivity index (χ1) is 7.34. The summed E-state index contributed by atoms with van der Waals surface area (Å²) in [6.45, 7) is 3.20. The lowest BCUT2D eigenvalue weighted by Gasteiger charge is -2.11. The van der Waals surface area contributed by atoms with E-state index < -0.39 is 11.7 Å². The number of alkyl halides is 3. The summed E-state index contributed by atoms with van der Waals surface area (Å²) in [6.07, 6.45) is -4.06. The van der Waals surface area contributed by atoms with Gasteiger partial charge in [-0.3, -0.25) is 4.79 Å². The Labute approximate surface area is 91.5 Å². The van der Waals surface area contributed by atoms with Gasteiger partial charge in [0.25, 0.3) is 0 Å². The summed E-state index contributed by atoms with van der Waals surface area (Å²) < 4.78 is 37.0. The molecule has 88 valence electrons. The van der Waals surface area contributed by atoms with Gasteiger partial charge in [0, 0.05) is 12.1 Å². The minimum Gasteiger partial charge on any atom is -0.326 e. The summed E-state index contributed by atoms with van der Waals surface area (Å²) >= 11 is 0. The number of nitrogens with one attached hydrogen (secondary N) is 1. The maximum Gasteiger partial charge on any atom is 0.416 e. The average molecular weight is 231 g/mol. The van der Waals surface area contributed by atoms with Crippen molar-refractivity contribution in [2.75, 3.05) is 5.32 Å². The molecule has 0 spiro atoms. The van der Waals surface area contributed by atoms with E-state index in [1.165, 1.54) is 13.0 Å². The minimum atomic E-state index is -4.35.